The van der Waals surface area contributed by atoms with E-state index in [1.165, 1.54) is 6.07 Å². The first-order chi connectivity index (χ1) is 14.9. The number of hydrogen-bond donors (Lipinski definition) is 2. The second-order valence-electron chi connectivity index (χ2n) is 6.71. The van der Waals surface area contributed by atoms with E-state index >= 15 is 0 Å². The first-order valence-electron chi connectivity index (χ1n) is 9.47. The minimum atomic E-state index is -1.05. The summed E-state index contributed by atoms with van der Waals surface area (Å²) < 4.78 is 6.17. The third-order valence-corrected chi connectivity index (χ3v) is 5.75. The summed E-state index contributed by atoms with van der Waals surface area (Å²) in [6.45, 7) is 3.25. The molecule has 9 heteroatoms. The predicted molar refractivity (Wildman–Crippen MR) is 126 cm³/mol. The van der Waals surface area contributed by atoms with Gasteiger partial charge >= 0.3 is 5.97 Å². The van der Waals surface area contributed by atoms with Crippen LogP contribution in [0.15, 0.2) is 59.8 Å². The molecular formula is C22H21Cl2N3O3S. The van der Waals surface area contributed by atoms with E-state index in [4.69, 9.17) is 33.1 Å². The first kappa shape index (κ1) is 23.2. The zero-order valence-corrected chi connectivity index (χ0v) is 19.0. The molecule has 6 nitrogen and oxygen atoms in total. The molecule has 3 N–H and O–H groups in total. The van der Waals surface area contributed by atoms with Crippen molar-refractivity contribution in [2.75, 3.05) is 11.4 Å². The van der Waals surface area contributed by atoms with E-state index in [0.29, 0.717) is 45.2 Å². The van der Waals surface area contributed by atoms with Gasteiger partial charge in [0.05, 0.1) is 26.2 Å². The van der Waals surface area contributed by atoms with Gasteiger partial charge in [0.1, 0.15) is 5.75 Å². The number of hydrogen-bond acceptors (Lipinski definition) is 6. The van der Waals surface area contributed by atoms with Gasteiger partial charge in [-0.15, -0.1) is 0 Å². The lowest BCUT2D eigenvalue weighted by molar-refractivity contribution is 0.0696. The Morgan fingerprint density at radius 2 is 2.03 bits per heavy atom. The standard InChI is InChI=1S/C22H21Cl2N3O3S/c1-2-8-27(13-14-4-3-7-26-12-14)19-9-15(22(28)29)10-20(31-25)21(19)30-16-5-6-17(23)18(24)11-16/h3-7,9-12H,2,8,13,25H2,1H3,(H,28,29). The average Bonchev–Trinajstić information content (AvgIpc) is 2.76. The quantitative estimate of drug-likeness (QED) is 0.351. The Kier molecular flexibility index (Phi) is 8.03. The maximum absolute atomic E-state index is 11.8. The van der Waals surface area contributed by atoms with Crippen molar-refractivity contribution in [2.24, 2.45) is 5.14 Å². The number of anilines is 1. The van der Waals surface area contributed by atoms with Crippen molar-refractivity contribution in [3.8, 4) is 11.5 Å². The maximum Gasteiger partial charge on any atom is 0.335 e. The third-order valence-electron chi connectivity index (χ3n) is 4.45. The number of halogens is 2. The zero-order valence-electron chi connectivity index (χ0n) is 16.7. The molecule has 0 saturated heterocycles. The van der Waals surface area contributed by atoms with Crippen molar-refractivity contribution in [1.82, 2.24) is 4.98 Å². The first-order valence-corrected chi connectivity index (χ1v) is 11.1. The van der Waals surface area contributed by atoms with Crippen LogP contribution in [-0.2, 0) is 6.54 Å². The van der Waals surface area contributed by atoms with Crippen molar-refractivity contribution in [1.29, 1.82) is 0 Å². The van der Waals surface area contributed by atoms with Crippen LogP contribution in [0.4, 0.5) is 5.69 Å². The number of pyridine rings is 1. The van der Waals surface area contributed by atoms with E-state index in [1.807, 2.05) is 12.1 Å². The monoisotopic (exact) mass is 477 g/mol. The Labute approximate surface area is 195 Å². The molecule has 162 valence electrons. The van der Waals surface area contributed by atoms with Crippen LogP contribution in [0.2, 0.25) is 10.0 Å². The summed E-state index contributed by atoms with van der Waals surface area (Å²) in [5.41, 5.74) is 1.72. The minimum absolute atomic E-state index is 0.122. The number of aromatic nitrogens is 1. The Morgan fingerprint density at radius 3 is 2.65 bits per heavy atom. The van der Waals surface area contributed by atoms with Crippen molar-refractivity contribution in [2.45, 2.75) is 24.8 Å². The summed E-state index contributed by atoms with van der Waals surface area (Å²) in [5.74, 6) is -0.129. The number of benzene rings is 2. The van der Waals surface area contributed by atoms with E-state index in [-0.39, 0.29) is 5.56 Å². The van der Waals surface area contributed by atoms with Crippen molar-refractivity contribution in [3.63, 3.8) is 0 Å². The van der Waals surface area contributed by atoms with E-state index in [1.54, 1.807) is 36.7 Å². The largest absolute Gasteiger partial charge is 0.478 e. The fourth-order valence-electron chi connectivity index (χ4n) is 3.06. The summed E-state index contributed by atoms with van der Waals surface area (Å²) in [6.07, 6.45) is 4.33. The number of aromatic carboxylic acids is 1. The number of rotatable bonds is 9. The van der Waals surface area contributed by atoms with Gasteiger partial charge in [-0.25, -0.2) is 4.79 Å². The van der Waals surface area contributed by atoms with Gasteiger partial charge in [0, 0.05) is 31.5 Å². The molecular weight excluding hydrogens is 457 g/mol. The van der Waals surface area contributed by atoms with Crippen molar-refractivity contribution >= 4 is 46.8 Å². The molecule has 0 aliphatic heterocycles. The highest BCUT2D eigenvalue weighted by Crippen LogP contribution is 2.42. The summed E-state index contributed by atoms with van der Waals surface area (Å²) in [6, 6.07) is 11.9. The third kappa shape index (κ3) is 5.83. The molecule has 3 aromatic rings. The van der Waals surface area contributed by atoms with E-state index in [0.717, 1.165) is 23.9 Å². The molecule has 1 aromatic heterocycles. The highest BCUT2D eigenvalue weighted by molar-refractivity contribution is 7.97. The molecule has 31 heavy (non-hydrogen) atoms. The molecule has 0 unspecified atom stereocenters. The normalized spacial score (nSPS) is 10.7. The Bertz CT molecular complexity index is 1070. The van der Waals surface area contributed by atoms with Crippen LogP contribution < -0.4 is 14.8 Å². The van der Waals surface area contributed by atoms with Gasteiger partial charge in [-0.05, 0) is 54.3 Å². The number of carboxylic acid groups (broad SMARTS) is 1. The molecule has 2 aromatic carbocycles. The van der Waals surface area contributed by atoms with E-state index in [2.05, 4.69) is 16.8 Å². The number of ether oxygens (including phenoxy) is 1. The fourth-order valence-corrected chi connectivity index (χ4v) is 3.80. The SMILES string of the molecule is CCCN(Cc1cccnc1)c1cc(C(=O)O)cc(SN)c1Oc1ccc(Cl)c(Cl)c1. The molecule has 0 bridgehead atoms. The highest BCUT2D eigenvalue weighted by Gasteiger charge is 2.21. The van der Waals surface area contributed by atoms with Crippen LogP contribution in [0.3, 0.4) is 0 Å². The second-order valence-corrected chi connectivity index (χ2v) is 8.20. The van der Waals surface area contributed by atoms with E-state index in [9.17, 15) is 9.90 Å². The Hall–Kier alpha value is -2.45. The van der Waals surface area contributed by atoms with E-state index < -0.39 is 5.97 Å². The topological polar surface area (TPSA) is 88.7 Å². The molecule has 3 rings (SSSR count). The van der Waals surface area contributed by atoms with Crippen molar-refractivity contribution < 1.29 is 14.6 Å². The molecule has 0 amide bonds. The number of carbonyl (C=O) groups is 1. The molecule has 0 radical (unpaired) electrons. The summed E-state index contributed by atoms with van der Waals surface area (Å²) in [7, 11) is 0. The van der Waals surface area contributed by atoms with Crippen LogP contribution in [0.25, 0.3) is 0 Å². The Morgan fingerprint density at radius 1 is 1.23 bits per heavy atom. The number of nitrogens with two attached hydrogens (primary N) is 1. The fraction of sp³-hybridized carbons (Fsp3) is 0.182. The lowest BCUT2D eigenvalue weighted by Crippen LogP contribution is -2.24. The summed E-state index contributed by atoms with van der Waals surface area (Å²) >= 11 is 13.1. The van der Waals surface area contributed by atoms with Gasteiger partial charge in [-0.3, -0.25) is 10.1 Å². The second kappa shape index (κ2) is 10.7. The van der Waals surface area contributed by atoms with Gasteiger partial charge in [-0.1, -0.05) is 36.2 Å². The Balaban J connectivity index is 2.12. The molecule has 0 saturated carbocycles. The predicted octanol–water partition coefficient (Wildman–Crippen LogP) is 6.26. The van der Waals surface area contributed by atoms with Crippen LogP contribution in [0, 0.1) is 0 Å². The molecule has 0 aliphatic rings. The number of carboxylic acids is 1. The lowest BCUT2D eigenvalue weighted by Gasteiger charge is -2.28. The average molecular weight is 478 g/mol. The molecule has 1 heterocycles. The number of nitrogens with zero attached hydrogens (tertiary/aromatic N) is 2. The minimum Gasteiger partial charge on any atom is -0.478 e. The van der Waals surface area contributed by atoms with Crippen LogP contribution in [0.5, 0.6) is 11.5 Å². The summed E-state index contributed by atoms with van der Waals surface area (Å²) in [4.78, 5) is 18.5. The van der Waals surface area contributed by atoms with Gasteiger partial charge in [0.25, 0.3) is 0 Å². The van der Waals surface area contributed by atoms with Crippen molar-refractivity contribution in [3.05, 3.63) is 76.0 Å². The zero-order chi connectivity index (χ0) is 22.4. The van der Waals surface area contributed by atoms with Crippen LogP contribution in [0.1, 0.15) is 29.3 Å². The van der Waals surface area contributed by atoms with Gasteiger partial charge in [-0.2, -0.15) is 0 Å². The molecule has 0 atom stereocenters. The van der Waals surface area contributed by atoms with Crippen LogP contribution >= 0.6 is 35.1 Å². The molecule has 0 spiro atoms. The summed E-state index contributed by atoms with van der Waals surface area (Å²) in [5, 5.41) is 16.3. The van der Waals surface area contributed by atoms with Gasteiger partial charge in [0.2, 0.25) is 0 Å². The van der Waals surface area contributed by atoms with Gasteiger partial charge in [0.15, 0.2) is 5.75 Å². The molecule has 0 aliphatic carbocycles. The smallest absolute Gasteiger partial charge is 0.335 e. The van der Waals surface area contributed by atoms with Gasteiger partial charge < -0.3 is 14.7 Å². The van der Waals surface area contributed by atoms with Crippen LogP contribution in [-0.4, -0.2) is 22.6 Å². The highest BCUT2D eigenvalue weighted by atomic mass is 35.5. The lowest BCUT2D eigenvalue weighted by atomic mass is 10.1. The maximum atomic E-state index is 11.8. The molecule has 0 fully saturated rings.